The van der Waals surface area contributed by atoms with Crippen LogP contribution in [0.5, 0.6) is 0 Å². The topological polar surface area (TPSA) is 72.2 Å². The maximum Gasteiger partial charge on any atom is 0.244 e. The Labute approximate surface area is 82.9 Å². The first-order valence-corrected chi connectivity index (χ1v) is 4.01. The van der Waals surface area contributed by atoms with Gasteiger partial charge in [-0.2, -0.15) is 0 Å². The zero-order valence-corrected chi connectivity index (χ0v) is 7.44. The molecule has 1 aromatic carbocycles. The number of nitrogens with one attached hydrogen (secondary N) is 1. The number of carbonyl (C=O) groups is 2. The fraction of sp³-hybridized carbons (Fsp3) is 0.111. The van der Waals surface area contributed by atoms with Gasteiger partial charge in [-0.3, -0.25) is 9.59 Å². The quantitative estimate of drug-likeness (QED) is 0.659. The number of benzene rings is 1. The number of primary amides is 1. The van der Waals surface area contributed by atoms with Crippen LogP contribution >= 0.6 is 0 Å². The van der Waals surface area contributed by atoms with Crippen molar-refractivity contribution in [2.75, 3.05) is 0 Å². The number of nitrogens with two attached hydrogens (primary N) is 1. The van der Waals surface area contributed by atoms with Gasteiger partial charge in [0.2, 0.25) is 13.8 Å². The van der Waals surface area contributed by atoms with Crippen molar-refractivity contribution in [1.29, 1.82) is 0 Å². The highest BCUT2D eigenvalue weighted by molar-refractivity contribution is 6.57. The molecule has 0 aliphatic rings. The highest BCUT2D eigenvalue weighted by Gasteiger charge is 2.17. The van der Waals surface area contributed by atoms with Gasteiger partial charge in [0.25, 0.3) is 0 Å². The summed E-state index contributed by atoms with van der Waals surface area (Å²) >= 11 is 0. The molecule has 0 saturated heterocycles. The van der Waals surface area contributed by atoms with E-state index in [0.717, 1.165) is 0 Å². The Balaban J connectivity index is 2.89. The van der Waals surface area contributed by atoms with Gasteiger partial charge >= 0.3 is 0 Å². The van der Waals surface area contributed by atoms with Crippen LogP contribution in [0.4, 0.5) is 4.79 Å². The van der Waals surface area contributed by atoms with Gasteiger partial charge in [0.1, 0.15) is 6.04 Å². The summed E-state index contributed by atoms with van der Waals surface area (Å²) in [5.74, 6) is -1.42. The lowest BCUT2D eigenvalue weighted by Gasteiger charge is -2.14. The highest BCUT2D eigenvalue weighted by Crippen LogP contribution is 2.11. The highest BCUT2D eigenvalue weighted by atomic mass is 16.2. The summed E-state index contributed by atoms with van der Waals surface area (Å²) in [7, 11) is 4.91. The van der Waals surface area contributed by atoms with Crippen molar-refractivity contribution >= 4 is 19.6 Å². The number of carbonyl (C=O) groups excluding carboxylic acids is 2. The van der Waals surface area contributed by atoms with E-state index in [1.165, 1.54) is 0 Å². The minimum absolute atomic E-state index is 0.610. The summed E-state index contributed by atoms with van der Waals surface area (Å²) in [6, 6.07) is 7.79. The molecule has 0 fully saturated rings. The molecule has 2 amide bonds. The maximum absolute atomic E-state index is 11.0. The van der Waals surface area contributed by atoms with Crippen molar-refractivity contribution in [2.45, 2.75) is 6.04 Å². The first-order valence-electron chi connectivity index (χ1n) is 4.01. The van der Waals surface area contributed by atoms with E-state index in [0.29, 0.717) is 5.56 Å². The lowest BCUT2D eigenvalue weighted by Crippen LogP contribution is -2.36. The number of amides is 2. The van der Waals surface area contributed by atoms with Crippen LogP contribution in [0.3, 0.4) is 0 Å². The van der Waals surface area contributed by atoms with E-state index in [-0.39, 0.29) is 0 Å². The summed E-state index contributed by atoms with van der Waals surface area (Å²) < 4.78 is 0. The zero-order chi connectivity index (χ0) is 10.6. The molecule has 5 heteroatoms. The Hall–Kier alpha value is -1.78. The van der Waals surface area contributed by atoms with Crippen LogP contribution in [0.25, 0.3) is 0 Å². The molecule has 0 aliphatic heterocycles. The summed E-state index contributed by atoms with van der Waals surface area (Å²) in [6.45, 7) is 0. The third-order valence-electron chi connectivity index (χ3n) is 1.70. The Morgan fingerprint density at radius 1 is 1.29 bits per heavy atom. The van der Waals surface area contributed by atoms with Crippen molar-refractivity contribution in [3.05, 3.63) is 35.9 Å². The Bertz CT molecular complexity index is 340. The average molecular weight is 188 g/mol. The Morgan fingerprint density at radius 2 is 1.86 bits per heavy atom. The van der Waals surface area contributed by atoms with Crippen LogP contribution < -0.4 is 11.1 Å². The van der Waals surface area contributed by atoms with E-state index in [9.17, 15) is 9.59 Å². The molecule has 0 spiro atoms. The monoisotopic (exact) mass is 188 g/mol. The van der Waals surface area contributed by atoms with Gasteiger partial charge in [0.15, 0.2) is 5.81 Å². The Morgan fingerprint density at radius 3 is 2.29 bits per heavy atom. The fourth-order valence-electron chi connectivity index (χ4n) is 1.11. The standard InChI is InChI=1S/C9H9BN2O2/c10-9(14)12-7(8(11)13)6-4-2-1-3-5-6/h1-5,7H,(H2,11,13)(H,12,14). The third-order valence-corrected chi connectivity index (χ3v) is 1.70. The van der Waals surface area contributed by atoms with Gasteiger partial charge in [-0.15, -0.1) is 0 Å². The molecule has 70 valence electrons. The van der Waals surface area contributed by atoms with E-state index in [2.05, 4.69) is 5.32 Å². The van der Waals surface area contributed by atoms with Crippen LogP contribution in [0.2, 0.25) is 0 Å². The second-order valence-electron chi connectivity index (χ2n) is 2.75. The second-order valence-corrected chi connectivity index (χ2v) is 2.75. The number of rotatable bonds is 3. The fourth-order valence-corrected chi connectivity index (χ4v) is 1.11. The molecule has 1 unspecified atom stereocenters. The molecule has 0 saturated carbocycles. The number of hydrogen-bond acceptors (Lipinski definition) is 2. The van der Waals surface area contributed by atoms with E-state index >= 15 is 0 Å². The van der Waals surface area contributed by atoms with Crippen molar-refractivity contribution in [3.8, 4) is 0 Å². The molecular weight excluding hydrogens is 179 g/mol. The largest absolute Gasteiger partial charge is 0.368 e. The zero-order valence-electron chi connectivity index (χ0n) is 7.44. The SMILES string of the molecule is [B]C(=O)NC(C(N)=O)c1ccccc1. The summed E-state index contributed by atoms with van der Waals surface area (Å²) in [6.07, 6.45) is 0. The van der Waals surface area contributed by atoms with Gasteiger partial charge < -0.3 is 11.1 Å². The maximum atomic E-state index is 11.0. The molecule has 2 radical (unpaired) electrons. The van der Waals surface area contributed by atoms with Gasteiger partial charge in [-0.05, 0) is 5.56 Å². The minimum atomic E-state index is -0.867. The van der Waals surface area contributed by atoms with Crippen LogP contribution in [-0.2, 0) is 4.79 Å². The summed E-state index contributed by atoms with van der Waals surface area (Å²) in [5, 5.41) is 2.26. The lowest BCUT2D eigenvalue weighted by atomic mass is 10.0. The molecule has 4 nitrogen and oxygen atoms in total. The van der Waals surface area contributed by atoms with E-state index in [4.69, 9.17) is 13.6 Å². The van der Waals surface area contributed by atoms with Crippen LogP contribution in [0.1, 0.15) is 11.6 Å². The van der Waals surface area contributed by atoms with E-state index in [1.807, 2.05) is 0 Å². The predicted molar refractivity (Wildman–Crippen MR) is 52.7 cm³/mol. The lowest BCUT2D eigenvalue weighted by molar-refractivity contribution is -0.119. The van der Waals surface area contributed by atoms with Crippen molar-refractivity contribution in [2.24, 2.45) is 5.73 Å². The first kappa shape index (κ1) is 10.3. The minimum Gasteiger partial charge on any atom is -0.368 e. The Kier molecular flexibility index (Phi) is 3.28. The summed E-state index contributed by atoms with van der Waals surface area (Å²) in [5.41, 5.74) is 5.72. The third kappa shape index (κ3) is 2.62. The van der Waals surface area contributed by atoms with Crippen LogP contribution in [0, 0.1) is 0 Å². The molecule has 0 heterocycles. The smallest absolute Gasteiger partial charge is 0.244 e. The van der Waals surface area contributed by atoms with Gasteiger partial charge in [-0.25, -0.2) is 0 Å². The predicted octanol–water partition coefficient (Wildman–Crippen LogP) is 0.0911. The van der Waals surface area contributed by atoms with Crippen LogP contribution in [-0.4, -0.2) is 19.6 Å². The molecule has 1 rings (SSSR count). The van der Waals surface area contributed by atoms with E-state index in [1.54, 1.807) is 30.3 Å². The van der Waals surface area contributed by atoms with Gasteiger partial charge in [-0.1, -0.05) is 30.3 Å². The van der Waals surface area contributed by atoms with E-state index < -0.39 is 17.8 Å². The molecule has 3 N–H and O–H groups in total. The molecule has 1 atom stereocenters. The molecule has 14 heavy (non-hydrogen) atoms. The van der Waals surface area contributed by atoms with Crippen molar-refractivity contribution in [1.82, 2.24) is 5.32 Å². The molecular formula is C9H9BN2O2. The molecule has 0 aromatic heterocycles. The van der Waals surface area contributed by atoms with Crippen molar-refractivity contribution in [3.63, 3.8) is 0 Å². The normalized spacial score (nSPS) is 11.7. The second kappa shape index (κ2) is 4.46. The average Bonchev–Trinajstić information content (AvgIpc) is 2.15. The first-order chi connectivity index (χ1) is 6.61. The molecule has 0 bridgehead atoms. The van der Waals surface area contributed by atoms with Gasteiger partial charge in [0.05, 0.1) is 0 Å². The number of hydrogen-bond donors (Lipinski definition) is 2. The van der Waals surface area contributed by atoms with Gasteiger partial charge in [0, 0.05) is 0 Å². The molecule has 0 aliphatic carbocycles. The van der Waals surface area contributed by atoms with Crippen molar-refractivity contribution < 1.29 is 9.59 Å². The molecule has 1 aromatic rings. The summed E-state index contributed by atoms with van der Waals surface area (Å²) in [4.78, 5) is 21.6. The van der Waals surface area contributed by atoms with Crippen LogP contribution in [0.15, 0.2) is 30.3 Å².